The third-order valence-electron chi connectivity index (χ3n) is 5.14. The number of amides is 1. The minimum Gasteiger partial charge on any atom is -0.379 e. The number of hydrazone groups is 1. The first-order chi connectivity index (χ1) is 13.7. The lowest BCUT2D eigenvalue weighted by atomic mass is 10.0. The molecule has 2 unspecified atom stereocenters. The van der Waals surface area contributed by atoms with Crippen LogP contribution in [-0.4, -0.2) is 78.2 Å². The van der Waals surface area contributed by atoms with E-state index >= 15 is 0 Å². The van der Waals surface area contributed by atoms with Gasteiger partial charge in [0.1, 0.15) is 11.8 Å². The number of hydrogen-bond donors (Lipinski definition) is 0. The molecule has 0 aliphatic carbocycles. The molecule has 1 aromatic carbocycles. The van der Waals surface area contributed by atoms with Crippen LogP contribution in [0.5, 0.6) is 0 Å². The average molecular weight is 400 g/mol. The lowest BCUT2D eigenvalue weighted by Crippen LogP contribution is -2.38. The zero-order valence-electron chi connectivity index (χ0n) is 16.0. The quantitative estimate of drug-likeness (QED) is 0.732. The van der Waals surface area contributed by atoms with Crippen molar-refractivity contribution in [2.45, 2.75) is 12.8 Å². The van der Waals surface area contributed by atoms with E-state index in [1.165, 1.54) is 17.3 Å². The molecule has 148 valence electrons. The van der Waals surface area contributed by atoms with Crippen LogP contribution in [0.2, 0.25) is 0 Å². The summed E-state index contributed by atoms with van der Waals surface area (Å²) in [5.74, 6) is 1.24. The van der Waals surface area contributed by atoms with Crippen molar-refractivity contribution in [1.82, 2.24) is 9.91 Å². The molecule has 3 aliphatic rings. The minimum absolute atomic E-state index is 0.169. The highest BCUT2D eigenvalue weighted by molar-refractivity contribution is 8.13. The summed E-state index contributed by atoms with van der Waals surface area (Å²) in [6, 6.07) is 10.3. The maximum absolute atomic E-state index is 12.4. The van der Waals surface area contributed by atoms with E-state index in [4.69, 9.17) is 4.74 Å². The van der Waals surface area contributed by atoms with Crippen molar-refractivity contribution in [2.75, 3.05) is 45.1 Å². The van der Waals surface area contributed by atoms with E-state index in [9.17, 15) is 4.79 Å². The van der Waals surface area contributed by atoms with Gasteiger partial charge in [-0.2, -0.15) is 10.1 Å². The van der Waals surface area contributed by atoms with Gasteiger partial charge < -0.3 is 4.74 Å². The van der Waals surface area contributed by atoms with Crippen LogP contribution >= 0.6 is 11.8 Å². The van der Waals surface area contributed by atoms with Gasteiger partial charge in [-0.3, -0.25) is 14.7 Å². The number of carbonyl (C=O) groups excluding carboxylic acids is 1. The lowest BCUT2D eigenvalue weighted by molar-refractivity contribution is -0.118. The second kappa shape index (κ2) is 8.98. The second-order valence-electron chi connectivity index (χ2n) is 7.14. The van der Waals surface area contributed by atoms with Crippen LogP contribution in [0.3, 0.4) is 0 Å². The largest absolute Gasteiger partial charge is 0.379 e. The van der Waals surface area contributed by atoms with Gasteiger partial charge in [-0.05, 0) is 5.56 Å². The highest BCUT2D eigenvalue weighted by Gasteiger charge is 2.36. The van der Waals surface area contributed by atoms with Gasteiger partial charge >= 0.3 is 0 Å². The summed E-state index contributed by atoms with van der Waals surface area (Å²) in [5.41, 5.74) is 1.25. The van der Waals surface area contributed by atoms with E-state index in [-0.39, 0.29) is 11.8 Å². The average Bonchev–Trinajstić information content (AvgIpc) is 3.13. The second-order valence-corrected chi connectivity index (χ2v) is 8.20. The first kappa shape index (κ1) is 19.3. The molecule has 7 nitrogen and oxygen atoms in total. The number of amidine groups is 2. The summed E-state index contributed by atoms with van der Waals surface area (Å²) >= 11 is 1.54. The van der Waals surface area contributed by atoms with Gasteiger partial charge in [-0.1, -0.05) is 49.0 Å². The molecular formula is C20H25N5O2S. The van der Waals surface area contributed by atoms with Crippen LogP contribution in [0.25, 0.3) is 0 Å². The summed E-state index contributed by atoms with van der Waals surface area (Å²) < 4.78 is 5.37. The maximum Gasteiger partial charge on any atom is 0.264 e. The Labute approximate surface area is 169 Å². The summed E-state index contributed by atoms with van der Waals surface area (Å²) in [4.78, 5) is 23.6. The molecule has 3 aliphatic heterocycles. The van der Waals surface area contributed by atoms with Crippen molar-refractivity contribution in [2.24, 2.45) is 21.0 Å². The van der Waals surface area contributed by atoms with Crippen LogP contribution in [0.1, 0.15) is 18.4 Å². The maximum atomic E-state index is 12.4. The van der Waals surface area contributed by atoms with Crippen molar-refractivity contribution in [3.05, 3.63) is 35.9 Å². The molecule has 1 saturated heterocycles. The molecule has 28 heavy (non-hydrogen) atoms. The fourth-order valence-corrected chi connectivity index (χ4v) is 4.31. The van der Waals surface area contributed by atoms with Gasteiger partial charge in [0.05, 0.1) is 13.2 Å². The number of fused-ring (bicyclic) bond motifs is 1. The van der Waals surface area contributed by atoms with Gasteiger partial charge in [0, 0.05) is 44.1 Å². The third-order valence-corrected chi connectivity index (χ3v) is 5.97. The fourth-order valence-electron chi connectivity index (χ4n) is 3.46. The molecule has 3 heterocycles. The molecular weight excluding hydrogens is 374 g/mol. The highest BCUT2D eigenvalue weighted by Crippen LogP contribution is 2.25. The van der Waals surface area contributed by atoms with E-state index < -0.39 is 5.92 Å². The Kier molecular flexibility index (Phi) is 6.19. The van der Waals surface area contributed by atoms with Crippen LogP contribution < -0.4 is 0 Å². The van der Waals surface area contributed by atoms with E-state index in [0.717, 1.165) is 38.6 Å². The normalized spacial score (nSPS) is 23.4. The smallest absolute Gasteiger partial charge is 0.264 e. The third kappa shape index (κ3) is 4.51. The molecule has 0 radical (unpaired) electrons. The predicted molar refractivity (Wildman–Crippen MR) is 113 cm³/mol. The number of morpholine rings is 1. The van der Waals surface area contributed by atoms with Crippen LogP contribution in [0, 0.1) is 5.92 Å². The van der Waals surface area contributed by atoms with E-state index in [0.29, 0.717) is 17.5 Å². The van der Waals surface area contributed by atoms with Crippen LogP contribution in [0.4, 0.5) is 0 Å². The number of ether oxygens (including phenoxy) is 1. The Bertz CT molecular complexity index is 789. The molecule has 1 fully saturated rings. The van der Waals surface area contributed by atoms with Crippen molar-refractivity contribution in [3.8, 4) is 0 Å². The zero-order valence-corrected chi connectivity index (χ0v) is 16.8. The highest BCUT2D eigenvalue weighted by atomic mass is 32.2. The van der Waals surface area contributed by atoms with Crippen LogP contribution in [-0.2, 0) is 9.53 Å². The Hall–Kier alpha value is -2.03. The molecule has 4 rings (SSSR count). The van der Waals surface area contributed by atoms with E-state index in [1.807, 2.05) is 23.2 Å². The molecule has 0 saturated carbocycles. The van der Waals surface area contributed by atoms with Gasteiger partial charge in [0.15, 0.2) is 5.17 Å². The van der Waals surface area contributed by atoms with Crippen molar-refractivity contribution < 1.29 is 9.53 Å². The van der Waals surface area contributed by atoms with E-state index in [2.05, 4.69) is 39.0 Å². The van der Waals surface area contributed by atoms with Crippen LogP contribution in [0.15, 0.2) is 45.4 Å². The van der Waals surface area contributed by atoms with Crippen molar-refractivity contribution in [1.29, 1.82) is 0 Å². The number of nitrogens with zero attached hydrogens (tertiary/aromatic N) is 5. The molecule has 0 aromatic heterocycles. The topological polar surface area (TPSA) is 69.9 Å². The number of rotatable bonds is 6. The SMILES string of the molecule is CC(CN1N=CC2C(=O)N=C(SCCN3CCOCC3)N=C21)c1ccccc1. The first-order valence-corrected chi connectivity index (χ1v) is 10.7. The molecule has 1 aromatic rings. The zero-order chi connectivity index (χ0) is 19.3. The number of carbonyl (C=O) groups is 1. The molecule has 0 spiro atoms. The van der Waals surface area contributed by atoms with Crippen molar-refractivity contribution in [3.63, 3.8) is 0 Å². The van der Waals surface area contributed by atoms with Gasteiger partial charge in [0.25, 0.3) is 5.91 Å². The van der Waals surface area contributed by atoms with Gasteiger partial charge in [0.2, 0.25) is 0 Å². The number of hydrogen-bond acceptors (Lipinski definition) is 7. The molecule has 0 N–H and O–H groups in total. The summed E-state index contributed by atoms with van der Waals surface area (Å²) in [6.45, 7) is 7.30. The predicted octanol–water partition coefficient (Wildman–Crippen LogP) is 2.07. The molecule has 8 heteroatoms. The monoisotopic (exact) mass is 399 g/mol. The van der Waals surface area contributed by atoms with Crippen molar-refractivity contribution >= 4 is 34.9 Å². The van der Waals surface area contributed by atoms with E-state index in [1.54, 1.807) is 6.21 Å². The van der Waals surface area contributed by atoms with Gasteiger partial charge in [-0.25, -0.2) is 4.99 Å². The standard InChI is InChI=1S/C20H25N5O2S/c1-15(16-5-3-2-4-6-16)14-25-18-17(13-21-25)19(26)23-20(22-18)28-12-9-24-7-10-27-11-8-24/h2-6,13,15,17H,7-12,14H2,1H3. The summed E-state index contributed by atoms with van der Waals surface area (Å²) in [5, 5.41) is 6.84. The Morgan fingerprint density at radius 1 is 1.21 bits per heavy atom. The Balaban J connectivity index is 1.37. The minimum atomic E-state index is -0.438. The fraction of sp³-hybridized carbons (Fsp3) is 0.500. The molecule has 0 bridgehead atoms. The van der Waals surface area contributed by atoms with Gasteiger partial charge in [-0.15, -0.1) is 0 Å². The number of benzene rings is 1. The Morgan fingerprint density at radius 2 is 2.00 bits per heavy atom. The molecule has 2 atom stereocenters. The molecule has 1 amide bonds. The summed E-state index contributed by atoms with van der Waals surface area (Å²) in [7, 11) is 0. The Morgan fingerprint density at radius 3 is 2.79 bits per heavy atom. The summed E-state index contributed by atoms with van der Waals surface area (Å²) in [6.07, 6.45) is 1.66. The number of thioether (sulfide) groups is 1. The first-order valence-electron chi connectivity index (χ1n) is 9.71. The number of aliphatic imine (C=N–C) groups is 2. The lowest BCUT2D eigenvalue weighted by Gasteiger charge is -2.26.